The Kier molecular flexibility index (Phi) is 5.92. The maximum absolute atomic E-state index is 13.6. The summed E-state index contributed by atoms with van der Waals surface area (Å²) in [6.07, 6.45) is 0.373. The molecule has 0 saturated carbocycles. The molecule has 25 heavy (non-hydrogen) atoms. The largest absolute Gasteiger partial charge is 0.326 e. The minimum atomic E-state index is -3.58. The Balaban J connectivity index is 2.12. The van der Waals surface area contributed by atoms with Gasteiger partial charge in [0, 0.05) is 26.2 Å². The molecule has 0 bridgehead atoms. The third-order valence-corrected chi connectivity index (χ3v) is 5.65. The number of amides is 1. The van der Waals surface area contributed by atoms with E-state index in [2.05, 4.69) is 5.32 Å². The third kappa shape index (κ3) is 4.64. The number of halogens is 1. The van der Waals surface area contributed by atoms with Gasteiger partial charge in [-0.3, -0.25) is 4.79 Å². The summed E-state index contributed by atoms with van der Waals surface area (Å²) in [6, 6.07) is 10.9. The quantitative estimate of drug-likeness (QED) is 0.857. The number of carbonyl (C=O) groups is 1. The van der Waals surface area contributed by atoms with Gasteiger partial charge >= 0.3 is 0 Å². The molecule has 0 spiro atoms. The molecule has 1 N–H and O–H groups in total. The van der Waals surface area contributed by atoms with E-state index in [0.717, 1.165) is 9.87 Å². The van der Waals surface area contributed by atoms with Gasteiger partial charge in [-0.15, -0.1) is 0 Å². The van der Waals surface area contributed by atoms with Gasteiger partial charge in [-0.1, -0.05) is 24.3 Å². The van der Waals surface area contributed by atoms with Crippen LogP contribution < -0.4 is 5.32 Å². The monoisotopic (exact) mass is 364 g/mol. The van der Waals surface area contributed by atoms with Gasteiger partial charge in [-0.25, -0.2) is 17.1 Å². The maximum atomic E-state index is 13.6. The van der Waals surface area contributed by atoms with Gasteiger partial charge in [0.2, 0.25) is 15.9 Å². The summed E-state index contributed by atoms with van der Waals surface area (Å²) in [5, 5.41) is 2.71. The van der Waals surface area contributed by atoms with Crippen LogP contribution in [0, 0.1) is 12.7 Å². The number of sulfonamides is 1. The Morgan fingerprint density at radius 1 is 1.16 bits per heavy atom. The molecule has 7 heteroatoms. The second-order valence-corrected chi connectivity index (χ2v) is 8.06. The van der Waals surface area contributed by atoms with E-state index in [4.69, 9.17) is 0 Å². The molecule has 0 saturated heterocycles. The van der Waals surface area contributed by atoms with E-state index in [-0.39, 0.29) is 29.5 Å². The summed E-state index contributed by atoms with van der Waals surface area (Å²) in [5.41, 5.74) is 1.65. The van der Waals surface area contributed by atoms with Gasteiger partial charge in [-0.05, 0) is 42.7 Å². The van der Waals surface area contributed by atoms with Crippen LogP contribution in [0.25, 0.3) is 0 Å². The zero-order valence-corrected chi connectivity index (χ0v) is 15.2. The van der Waals surface area contributed by atoms with E-state index in [9.17, 15) is 17.6 Å². The van der Waals surface area contributed by atoms with Crippen LogP contribution in [-0.2, 0) is 21.2 Å². The lowest BCUT2D eigenvalue weighted by Gasteiger charge is -2.14. The van der Waals surface area contributed by atoms with Crippen molar-refractivity contribution in [2.75, 3.05) is 19.4 Å². The average Bonchev–Trinajstić information content (AvgIpc) is 2.55. The number of nitrogens with one attached hydrogen (secondary N) is 1. The van der Waals surface area contributed by atoms with Crippen molar-refractivity contribution in [2.24, 2.45) is 0 Å². The molecule has 0 atom stereocenters. The Labute approximate surface area is 147 Å². The predicted molar refractivity (Wildman–Crippen MR) is 95.4 cm³/mol. The summed E-state index contributed by atoms with van der Waals surface area (Å²) in [5.74, 6) is -0.642. The third-order valence-electron chi connectivity index (χ3n) is 3.84. The molecule has 0 aliphatic heterocycles. The van der Waals surface area contributed by atoms with Gasteiger partial charge in [0.05, 0.1) is 4.90 Å². The number of hydrogen-bond donors (Lipinski definition) is 1. The molecule has 134 valence electrons. The first-order valence-electron chi connectivity index (χ1n) is 7.78. The van der Waals surface area contributed by atoms with E-state index in [1.165, 1.54) is 32.3 Å². The summed E-state index contributed by atoms with van der Waals surface area (Å²) in [7, 11) is -0.688. The molecular formula is C18H21FN2O3S. The lowest BCUT2D eigenvalue weighted by molar-refractivity contribution is -0.116. The van der Waals surface area contributed by atoms with Crippen molar-refractivity contribution in [3.05, 3.63) is 59.4 Å². The van der Waals surface area contributed by atoms with Crippen molar-refractivity contribution < 1.29 is 17.6 Å². The molecule has 2 aromatic rings. The average molecular weight is 364 g/mol. The minimum absolute atomic E-state index is 0.102. The Hall–Kier alpha value is -2.25. The topological polar surface area (TPSA) is 66.5 Å². The Bertz CT molecular complexity index is 880. The molecule has 0 heterocycles. The highest BCUT2D eigenvalue weighted by Gasteiger charge is 2.18. The van der Waals surface area contributed by atoms with Gasteiger partial charge in [0.1, 0.15) is 5.82 Å². The van der Waals surface area contributed by atoms with Gasteiger partial charge in [0.25, 0.3) is 0 Å². The normalized spacial score (nSPS) is 11.6. The van der Waals surface area contributed by atoms with E-state index in [0.29, 0.717) is 11.3 Å². The number of carbonyl (C=O) groups excluding carboxylic acids is 1. The standard InChI is InChI=1S/C18H21FN2O3S/c1-13-8-10-15(25(23,24)21(2)3)12-17(13)20-18(22)11-9-14-6-4-5-7-16(14)19/h4-8,10,12H,9,11H2,1-3H3,(H,20,22). The van der Waals surface area contributed by atoms with E-state index < -0.39 is 10.0 Å². The predicted octanol–water partition coefficient (Wildman–Crippen LogP) is 2.96. The number of nitrogens with zero attached hydrogens (tertiary/aromatic N) is 1. The van der Waals surface area contributed by atoms with Crippen LogP contribution in [0.1, 0.15) is 17.5 Å². The van der Waals surface area contributed by atoms with Gasteiger partial charge in [-0.2, -0.15) is 0 Å². The fraction of sp³-hybridized carbons (Fsp3) is 0.278. The van der Waals surface area contributed by atoms with Gasteiger partial charge < -0.3 is 5.32 Å². The number of benzene rings is 2. The molecule has 0 fully saturated rings. The van der Waals surface area contributed by atoms with E-state index in [1.54, 1.807) is 31.2 Å². The molecule has 0 aliphatic rings. The van der Waals surface area contributed by atoms with Crippen LogP contribution in [-0.4, -0.2) is 32.7 Å². The molecule has 1 amide bonds. The smallest absolute Gasteiger partial charge is 0.242 e. The lowest BCUT2D eigenvalue weighted by atomic mass is 10.1. The van der Waals surface area contributed by atoms with Crippen molar-refractivity contribution in [3.8, 4) is 0 Å². The summed E-state index contributed by atoms with van der Waals surface area (Å²) in [6.45, 7) is 1.78. The molecule has 0 aromatic heterocycles. The lowest BCUT2D eigenvalue weighted by Crippen LogP contribution is -2.22. The van der Waals surface area contributed by atoms with Crippen molar-refractivity contribution in [1.29, 1.82) is 0 Å². The van der Waals surface area contributed by atoms with E-state index >= 15 is 0 Å². The van der Waals surface area contributed by atoms with Crippen molar-refractivity contribution in [1.82, 2.24) is 4.31 Å². The van der Waals surface area contributed by atoms with Crippen LogP contribution >= 0.6 is 0 Å². The maximum Gasteiger partial charge on any atom is 0.242 e. The summed E-state index contributed by atoms with van der Waals surface area (Å²) >= 11 is 0. The molecular weight excluding hydrogens is 343 g/mol. The second-order valence-electron chi connectivity index (χ2n) is 5.90. The highest BCUT2D eigenvalue weighted by molar-refractivity contribution is 7.89. The molecule has 0 radical (unpaired) electrons. The van der Waals surface area contributed by atoms with Crippen LogP contribution in [0.3, 0.4) is 0 Å². The van der Waals surface area contributed by atoms with Crippen molar-refractivity contribution in [3.63, 3.8) is 0 Å². The van der Waals surface area contributed by atoms with Crippen LogP contribution in [0.15, 0.2) is 47.4 Å². The summed E-state index contributed by atoms with van der Waals surface area (Å²) in [4.78, 5) is 12.3. The fourth-order valence-electron chi connectivity index (χ4n) is 2.27. The number of hydrogen-bond acceptors (Lipinski definition) is 3. The first-order chi connectivity index (χ1) is 11.7. The molecule has 5 nitrogen and oxygen atoms in total. The first kappa shape index (κ1) is 19.1. The number of anilines is 1. The molecule has 2 rings (SSSR count). The van der Waals surface area contributed by atoms with Crippen molar-refractivity contribution in [2.45, 2.75) is 24.7 Å². The van der Waals surface area contributed by atoms with Crippen molar-refractivity contribution >= 4 is 21.6 Å². The molecule has 2 aromatic carbocycles. The molecule has 0 aliphatic carbocycles. The molecule has 0 unspecified atom stereocenters. The number of rotatable bonds is 6. The SMILES string of the molecule is Cc1ccc(S(=O)(=O)N(C)C)cc1NC(=O)CCc1ccccc1F. The van der Waals surface area contributed by atoms with Crippen LogP contribution in [0.4, 0.5) is 10.1 Å². The highest BCUT2D eigenvalue weighted by atomic mass is 32.2. The van der Waals surface area contributed by atoms with E-state index in [1.807, 2.05) is 0 Å². The second kappa shape index (κ2) is 7.76. The number of aryl methyl sites for hydroxylation is 2. The first-order valence-corrected chi connectivity index (χ1v) is 9.22. The highest BCUT2D eigenvalue weighted by Crippen LogP contribution is 2.22. The Morgan fingerprint density at radius 2 is 1.84 bits per heavy atom. The zero-order valence-electron chi connectivity index (χ0n) is 14.4. The zero-order chi connectivity index (χ0) is 18.6. The van der Waals surface area contributed by atoms with Crippen LogP contribution in [0.2, 0.25) is 0 Å². The fourth-order valence-corrected chi connectivity index (χ4v) is 3.20. The summed E-state index contributed by atoms with van der Waals surface area (Å²) < 4.78 is 39.1. The van der Waals surface area contributed by atoms with Crippen LogP contribution in [0.5, 0.6) is 0 Å². The Morgan fingerprint density at radius 3 is 2.48 bits per heavy atom. The van der Waals surface area contributed by atoms with Gasteiger partial charge in [0.15, 0.2) is 0 Å². The minimum Gasteiger partial charge on any atom is -0.326 e.